The van der Waals surface area contributed by atoms with Gasteiger partial charge in [0.15, 0.2) is 0 Å². The van der Waals surface area contributed by atoms with Gasteiger partial charge in [0.05, 0.1) is 9.92 Å². The van der Waals surface area contributed by atoms with Crippen molar-refractivity contribution >= 4 is 37.6 Å². The zero-order chi connectivity index (χ0) is 15.6. The van der Waals surface area contributed by atoms with E-state index in [1.54, 1.807) is 12.1 Å². The van der Waals surface area contributed by atoms with E-state index >= 15 is 0 Å². The van der Waals surface area contributed by atoms with Crippen LogP contribution in [0.2, 0.25) is 5.02 Å². The lowest BCUT2D eigenvalue weighted by Crippen LogP contribution is -2.23. The standard InChI is InChI=1S/C14H12BrClFNO2S/c1-9-6-11(3-4-12(9)15)21(19,20)18-8-10-2-5-14(17)13(16)7-10/h2-7,18H,8H2,1H3. The Morgan fingerprint density at radius 2 is 1.95 bits per heavy atom. The molecule has 0 saturated carbocycles. The lowest BCUT2D eigenvalue weighted by atomic mass is 10.2. The highest BCUT2D eigenvalue weighted by molar-refractivity contribution is 9.10. The van der Waals surface area contributed by atoms with Crippen LogP contribution in [0.1, 0.15) is 11.1 Å². The number of halogens is 3. The fourth-order valence-electron chi connectivity index (χ4n) is 1.70. The van der Waals surface area contributed by atoms with Gasteiger partial charge in [0.2, 0.25) is 10.0 Å². The summed E-state index contributed by atoms with van der Waals surface area (Å²) in [5.41, 5.74) is 1.40. The van der Waals surface area contributed by atoms with Crippen molar-refractivity contribution in [2.45, 2.75) is 18.4 Å². The molecule has 0 unspecified atom stereocenters. The van der Waals surface area contributed by atoms with Crippen molar-refractivity contribution in [1.29, 1.82) is 0 Å². The van der Waals surface area contributed by atoms with E-state index in [1.165, 1.54) is 24.3 Å². The van der Waals surface area contributed by atoms with Crippen LogP contribution in [0.25, 0.3) is 0 Å². The van der Waals surface area contributed by atoms with Gasteiger partial charge in [0, 0.05) is 11.0 Å². The van der Waals surface area contributed by atoms with Crippen molar-refractivity contribution in [3.63, 3.8) is 0 Å². The Bertz CT molecular complexity index is 781. The number of hydrogen-bond donors (Lipinski definition) is 1. The molecule has 0 aromatic heterocycles. The molecule has 3 nitrogen and oxygen atoms in total. The van der Waals surface area contributed by atoms with Gasteiger partial charge in [0.25, 0.3) is 0 Å². The van der Waals surface area contributed by atoms with Crippen molar-refractivity contribution in [3.8, 4) is 0 Å². The van der Waals surface area contributed by atoms with E-state index in [0.717, 1.165) is 10.0 Å². The van der Waals surface area contributed by atoms with E-state index in [9.17, 15) is 12.8 Å². The average molecular weight is 393 g/mol. The quantitative estimate of drug-likeness (QED) is 0.854. The van der Waals surface area contributed by atoms with Gasteiger partial charge >= 0.3 is 0 Å². The second-order valence-electron chi connectivity index (χ2n) is 4.48. The Morgan fingerprint density at radius 3 is 2.57 bits per heavy atom. The molecule has 0 aliphatic heterocycles. The van der Waals surface area contributed by atoms with Crippen LogP contribution >= 0.6 is 27.5 Å². The number of rotatable bonds is 4. The summed E-state index contributed by atoms with van der Waals surface area (Å²) in [6.07, 6.45) is 0. The van der Waals surface area contributed by atoms with E-state index in [-0.39, 0.29) is 16.5 Å². The molecule has 0 atom stereocenters. The first-order valence-corrected chi connectivity index (χ1v) is 8.65. The Kier molecular flexibility index (Phi) is 5.03. The van der Waals surface area contributed by atoms with Gasteiger partial charge in [-0.1, -0.05) is 33.6 Å². The number of benzene rings is 2. The molecule has 21 heavy (non-hydrogen) atoms. The summed E-state index contributed by atoms with van der Waals surface area (Å²) in [4.78, 5) is 0.177. The first kappa shape index (κ1) is 16.4. The predicted octanol–water partition coefficient (Wildman–Crippen LogP) is 4.03. The van der Waals surface area contributed by atoms with Gasteiger partial charge in [-0.2, -0.15) is 0 Å². The van der Waals surface area contributed by atoms with Crippen LogP contribution < -0.4 is 4.72 Å². The Labute approximate surface area is 136 Å². The molecule has 0 bridgehead atoms. The molecule has 0 saturated heterocycles. The molecule has 2 aromatic rings. The normalized spacial score (nSPS) is 11.6. The molecule has 112 valence electrons. The molecule has 0 aliphatic rings. The summed E-state index contributed by atoms with van der Waals surface area (Å²) in [5, 5.41) is -0.0359. The Morgan fingerprint density at radius 1 is 1.24 bits per heavy atom. The number of sulfonamides is 1. The van der Waals surface area contributed by atoms with Crippen molar-refractivity contribution in [2.24, 2.45) is 0 Å². The van der Waals surface area contributed by atoms with Crippen LogP contribution in [0.5, 0.6) is 0 Å². The van der Waals surface area contributed by atoms with E-state index in [1.807, 2.05) is 6.92 Å². The average Bonchev–Trinajstić information content (AvgIpc) is 2.43. The first-order chi connectivity index (χ1) is 9.79. The summed E-state index contributed by atoms with van der Waals surface area (Å²) in [5.74, 6) is -0.535. The minimum atomic E-state index is -3.63. The van der Waals surface area contributed by atoms with Crippen LogP contribution in [0.3, 0.4) is 0 Å². The zero-order valence-electron chi connectivity index (χ0n) is 11.0. The molecule has 0 radical (unpaired) electrons. The molecular formula is C14H12BrClFNO2S. The van der Waals surface area contributed by atoms with Gasteiger partial charge in [0.1, 0.15) is 5.82 Å². The van der Waals surface area contributed by atoms with Gasteiger partial charge in [-0.25, -0.2) is 17.5 Å². The number of nitrogens with one attached hydrogen (secondary N) is 1. The molecule has 0 heterocycles. The minimum Gasteiger partial charge on any atom is -0.207 e. The van der Waals surface area contributed by atoms with E-state index in [0.29, 0.717) is 5.56 Å². The fraction of sp³-hybridized carbons (Fsp3) is 0.143. The van der Waals surface area contributed by atoms with Crippen LogP contribution in [0.4, 0.5) is 4.39 Å². The smallest absolute Gasteiger partial charge is 0.207 e. The summed E-state index contributed by atoms with van der Waals surface area (Å²) in [7, 11) is -3.63. The number of aryl methyl sites for hydroxylation is 1. The van der Waals surface area contributed by atoms with Crippen LogP contribution in [-0.4, -0.2) is 8.42 Å². The fourth-order valence-corrected chi connectivity index (χ4v) is 3.25. The first-order valence-electron chi connectivity index (χ1n) is 5.99. The van der Waals surface area contributed by atoms with Crippen molar-refractivity contribution in [3.05, 3.63) is 62.8 Å². The molecule has 0 amide bonds. The maximum atomic E-state index is 13.0. The molecule has 0 aliphatic carbocycles. The van der Waals surface area contributed by atoms with E-state index in [2.05, 4.69) is 20.7 Å². The topological polar surface area (TPSA) is 46.2 Å². The Balaban J connectivity index is 2.17. The van der Waals surface area contributed by atoms with Gasteiger partial charge < -0.3 is 0 Å². The second-order valence-corrected chi connectivity index (χ2v) is 7.51. The summed E-state index contributed by atoms with van der Waals surface area (Å²) in [6.45, 7) is 1.85. The van der Waals surface area contributed by atoms with Gasteiger partial charge in [-0.15, -0.1) is 0 Å². The SMILES string of the molecule is Cc1cc(S(=O)(=O)NCc2ccc(F)c(Cl)c2)ccc1Br. The highest BCUT2D eigenvalue weighted by Crippen LogP contribution is 2.20. The maximum absolute atomic E-state index is 13.0. The second kappa shape index (κ2) is 6.44. The highest BCUT2D eigenvalue weighted by atomic mass is 79.9. The van der Waals surface area contributed by atoms with Gasteiger partial charge in [-0.05, 0) is 48.4 Å². The van der Waals surface area contributed by atoms with E-state index in [4.69, 9.17) is 11.6 Å². The maximum Gasteiger partial charge on any atom is 0.240 e. The third-order valence-electron chi connectivity index (χ3n) is 2.89. The van der Waals surface area contributed by atoms with Crippen LogP contribution in [-0.2, 0) is 16.6 Å². The van der Waals surface area contributed by atoms with Gasteiger partial charge in [-0.3, -0.25) is 0 Å². The van der Waals surface area contributed by atoms with Crippen LogP contribution in [0, 0.1) is 12.7 Å². The molecule has 1 N–H and O–H groups in total. The molecule has 7 heteroatoms. The van der Waals surface area contributed by atoms with Crippen molar-refractivity contribution in [1.82, 2.24) is 4.72 Å². The van der Waals surface area contributed by atoms with Crippen LogP contribution in [0.15, 0.2) is 45.8 Å². The molecule has 2 rings (SSSR count). The highest BCUT2D eigenvalue weighted by Gasteiger charge is 2.14. The number of hydrogen-bond acceptors (Lipinski definition) is 2. The van der Waals surface area contributed by atoms with Crippen molar-refractivity contribution in [2.75, 3.05) is 0 Å². The lowest BCUT2D eigenvalue weighted by molar-refractivity contribution is 0.581. The lowest BCUT2D eigenvalue weighted by Gasteiger charge is -2.09. The summed E-state index contributed by atoms with van der Waals surface area (Å²) >= 11 is 8.98. The molecule has 2 aromatic carbocycles. The van der Waals surface area contributed by atoms with E-state index < -0.39 is 15.8 Å². The molecule has 0 spiro atoms. The third-order valence-corrected chi connectivity index (χ3v) is 5.47. The third kappa shape index (κ3) is 4.03. The minimum absolute atomic E-state index is 0.0359. The largest absolute Gasteiger partial charge is 0.240 e. The monoisotopic (exact) mass is 391 g/mol. The van der Waals surface area contributed by atoms with Crippen molar-refractivity contribution < 1.29 is 12.8 Å². The zero-order valence-corrected chi connectivity index (χ0v) is 14.2. The molecule has 0 fully saturated rings. The predicted molar refractivity (Wildman–Crippen MR) is 84.3 cm³/mol. The Hall–Kier alpha value is -0.950. The molecular weight excluding hydrogens is 381 g/mol. The summed E-state index contributed by atoms with van der Waals surface area (Å²) < 4.78 is 40.7. The summed E-state index contributed by atoms with van der Waals surface area (Å²) in [6, 6.07) is 8.85.